The first-order valence-corrected chi connectivity index (χ1v) is 7.03. The van der Waals surface area contributed by atoms with Gasteiger partial charge in [0.15, 0.2) is 0 Å². The Morgan fingerprint density at radius 3 is 2.47 bits per heavy atom. The van der Waals surface area contributed by atoms with Gasteiger partial charge in [-0.15, -0.1) is 0 Å². The third kappa shape index (κ3) is 3.74. The van der Waals surface area contributed by atoms with Gasteiger partial charge >= 0.3 is 0 Å². The average Bonchev–Trinajstić information content (AvgIpc) is 2.88. The number of benzene rings is 1. The Hall–Kier alpha value is -1.48. The van der Waals surface area contributed by atoms with Crippen LogP contribution in [0.4, 0.5) is 0 Å². The van der Waals surface area contributed by atoms with Crippen LogP contribution in [-0.2, 0) is 6.61 Å². The van der Waals surface area contributed by atoms with Crippen LogP contribution in [0.2, 0.25) is 5.02 Å². The highest BCUT2D eigenvalue weighted by Crippen LogP contribution is 2.18. The number of nitrogens with zero attached hydrogens (tertiary/aromatic N) is 2. The molecular weight excluding hydrogens is 260 g/mol. The number of ether oxygens (including phenoxy) is 1. The van der Waals surface area contributed by atoms with Crippen molar-refractivity contribution in [2.45, 2.75) is 39.3 Å². The molecule has 2 aromatic rings. The first-order valence-electron chi connectivity index (χ1n) is 6.65. The molecule has 0 saturated heterocycles. The van der Waals surface area contributed by atoms with E-state index >= 15 is 0 Å². The van der Waals surface area contributed by atoms with Crippen LogP contribution in [0.1, 0.15) is 38.4 Å². The molecule has 0 aliphatic carbocycles. The molecular formula is C15H19ClN2O. The SMILES string of the molecule is CCC(CC)n1ccc(COc2ccc(Cl)cc2)n1. The van der Waals surface area contributed by atoms with Crippen LogP contribution >= 0.6 is 11.6 Å². The summed E-state index contributed by atoms with van der Waals surface area (Å²) in [6, 6.07) is 9.85. The number of aromatic nitrogens is 2. The van der Waals surface area contributed by atoms with Crippen LogP contribution in [0, 0.1) is 0 Å². The molecule has 0 N–H and O–H groups in total. The summed E-state index contributed by atoms with van der Waals surface area (Å²) in [7, 11) is 0. The zero-order valence-electron chi connectivity index (χ0n) is 11.3. The Kier molecular flexibility index (Phi) is 4.86. The van der Waals surface area contributed by atoms with Gasteiger partial charge in [-0.2, -0.15) is 5.10 Å². The predicted molar refractivity (Wildman–Crippen MR) is 77.6 cm³/mol. The molecule has 4 heteroatoms. The molecule has 0 aliphatic heterocycles. The molecule has 0 bridgehead atoms. The number of hydrogen-bond donors (Lipinski definition) is 0. The second-order valence-electron chi connectivity index (χ2n) is 4.50. The molecule has 2 rings (SSSR count). The minimum absolute atomic E-state index is 0.476. The molecule has 1 aromatic carbocycles. The van der Waals surface area contributed by atoms with E-state index in [0.29, 0.717) is 17.7 Å². The lowest BCUT2D eigenvalue weighted by Gasteiger charge is -2.12. The number of rotatable bonds is 6. The van der Waals surface area contributed by atoms with E-state index in [1.54, 1.807) is 0 Å². The van der Waals surface area contributed by atoms with Gasteiger partial charge in [0.05, 0.1) is 11.7 Å². The van der Waals surface area contributed by atoms with Gasteiger partial charge in [0.2, 0.25) is 0 Å². The molecule has 0 fully saturated rings. The van der Waals surface area contributed by atoms with Crippen LogP contribution in [0.15, 0.2) is 36.5 Å². The maximum atomic E-state index is 5.83. The third-order valence-corrected chi connectivity index (χ3v) is 3.43. The van der Waals surface area contributed by atoms with E-state index in [-0.39, 0.29) is 0 Å². The summed E-state index contributed by atoms with van der Waals surface area (Å²) < 4.78 is 7.70. The Balaban J connectivity index is 1.95. The Bertz CT molecular complexity index is 503. The van der Waals surface area contributed by atoms with Gasteiger partial charge in [-0.1, -0.05) is 25.4 Å². The molecule has 0 saturated carbocycles. The van der Waals surface area contributed by atoms with E-state index in [0.717, 1.165) is 24.3 Å². The van der Waals surface area contributed by atoms with E-state index in [1.807, 2.05) is 41.2 Å². The van der Waals surface area contributed by atoms with Crippen LogP contribution in [0.25, 0.3) is 0 Å². The second kappa shape index (κ2) is 6.62. The minimum Gasteiger partial charge on any atom is -0.487 e. The van der Waals surface area contributed by atoms with Gasteiger partial charge < -0.3 is 4.74 Å². The summed E-state index contributed by atoms with van der Waals surface area (Å²) in [6.07, 6.45) is 4.21. The van der Waals surface area contributed by atoms with Gasteiger partial charge in [0.25, 0.3) is 0 Å². The zero-order valence-corrected chi connectivity index (χ0v) is 12.1. The monoisotopic (exact) mass is 278 g/mol. The third-order valence-electron chi connectivity index (χ3n) is 3.18. The van der Waals surface area contributed by atoms with Crippen molar-refractivity contribution < 1.29 is 4.74 Å². The zero-order chi connectivity index (χ0) is 13.7. The van der Waals surface area contributed by atoms with E-state index < -0.39 is 0 Å². The molecule has 1 aromatic heterocycles. The Labute approximate surface area is 119 Å². The van der Waals surface area contributed by atoms with Crippen molar-refractivity contribution >= 4 is 11.6 Å². The lowest BCUT2D eigenvalue weighted by atomic mass is 10.2. The topological polar surface area (TPSA) is 27.1 Å². The molecule has 0 atom stereocenters. The van der Waals surface area contributed by atoms with E-state index in [2.05, 4.69) is 18.9 Å². The highest BCUT2D eigenvalue weighted by molar-refractivity contribution is 6.30. The first-order chi connectivity index (χ1) is 9.22. The van der Waals surface area contributed by atoms with E-state index in [1.165, 1.54) is 0 Å². The molecule has 1 heterocycles. The molecule has 3 nitrogen and oxygen atoms in total. The van der Waals surface area contributed by atoms with Crippen molar-refractivity contribution in [2.24, 2.45) is 0 Å². The summed E-state index contributed by atoms with van der Waals surface area (Å²) in [5.74, 6) is 0.807. The van der Waals surface area contributed by atoms with Crippen molar-refractivity contribution in [3.8, 4) is 5.75 Å². The number of halogens is 1. The van der Waals surface area contributed by atoms with Crippen LogP contribution in [-0.4, -0.2) is 9.78 Å². The van der Waals surface area contributed by atoms with Gasteiger partial charge in [0.1, 0.15) is 12.4 Å². The molecule has 19 heavy (non-hydrogen) atoms. The van der Waals surface area contributed by atoms with Crippen molar-refractivity contribution in [1.82, 2.24) is 9.78 Å². The smallest absolute Gasteiger partial charge is 0.132 e. The highest BCUT2D eigenvalue weighted by atomic mass is 35.5. The molecule has 0 radical (unpaired) electrons. The highest BCUT2D eigenvalue weighted by Gasteiger charge is 2.08. The largest absolute Gasteiger partial charge is 0.487 e. The fraction of sp³-hybridized carbons (Fsp3) is 0.400. The molecule has 0 amide bonds. The lowest BCUT2D eigenvalue weighted by Crippen LogP contribution is -2.08. The van der Waals surface area contributed by atoms with E-state index in [9.17, 15) is 0 Å². The Morgan fingerprint density at radius 1 is 1.16 bits per heavy atom. The quantitative estimate of drug-likeness (QED) is 0.779. The predicted octanol–water partition coefficient (Wildman–Crippen LogP) is 4.48. The van der Waals surface area contributed by atoms with Gasteiger partial charge in [-0.25, -0.2) is 0 Å². The van der Waals surface area contributed by atoms with Crippen molar-refractivity contribution in [2.75, 3.05) is 0 Å². The summed E-state index contributed by atoms with van der Waals surface area (Å²) >= 11 is 5.83. The fourth-order valence-electron chi connectivity index (χ4n) is 2.01. The summed E-state index contributed by atoms with van der Waals surface area (Å²) in [6.45, 7) is 4.84. The fourth-order valence-corrected chi connectivity index (χ4v) is 2.13. The van der Waals surface area contributed by atoms with Gasteiger partial charge in [-0.3, -0.25) is 4.68 Å². The second-order valence-corrected chi connectivity index (χ2v) is 4.94. The van der Waals surface area contributed by atoms with Crippen molar-refractivity contribution in [3.63, 3.8) is 0 Å². The van der Waals surface area contributed by atoms with Crippen molar-refractivity contribution in [3.05, 3.63) is 47.2 Å². The molecule has 0 unspecified atom stereocenters. The molecule has 0 spiro atoms. The summed E-state index contributed by atoms with van der Waals surface area (Å²) in [5.41, 5.74) is 0.946. The van der Waals surface area contributed by atoms with Gasteiger partial charge in [0, 0.05) is 11.2 Å². The van der Waals surface area contributed by atoms with Crippen molar-refractivity contribution in [1.29, 1.82) is 0 Å². The average molecular weight is 279 g/mol. The van der Waals surface area contributed by atoms with E-state index in [4.69, 9.17) is 16.3 Å². The van der Waals surface area contributed by atoms with Gasteiger partial charge in [-0.05, 0) is 43.2 Å². The summed E-state index contributed by atoms with van der Waals surface area (Å²) in [4.78, 5) is 0. The van der Waals surface area contributed by atoms with Crippen LogP contribution in [0.5, 0.6) is 5.75 Å². The maximum absolute atomic E-state index is 5.83. The molecule has 0 aliphatic rings. The van der Waals surface area contributed by atoms with Crippen LogP contribution in [0.3, 0.4) is 0 Å². The lowest BCUT2D eigenvalue weighted by molar-refractivity contribution is 0.297. The number of hydrogen-bond acceptors (Lipinski definition) is 2. The first kappa shape index (κ1) is 13.9. The maximum Gasteiger partial charge on any atom is 0.132 e. The standard InChI is InChI=1S/C15H19ClN2O/c1-3-14(4-2)18-10-9-13(17-18)11-19-15-7-5-12(16)6-8-15/h5-10,14H,3-4,11H2,1-2H3. The van der Waals surface area contributed by atoms with Crippen LogP contribution < -0.4 is 4.74 Å². The summed E-state index contributed by atoms with van der Waals surface area (Å²) in [5, 5.41) is 5.26. The Morgan fingerprint density at radius 2 is 1.84 bits per heavy atom. The molecule has 102 valence electrons. The minimum atomic E-state index is 0.476. The normalized spacial score (nSPS) is 10.9.